The molecule has 0 amide bonds. The van der Waals surface area contributed by atoms with Crippen LogP contribution in [0.5, 0.6) is 0 Å². The number of rotatable bonds is 1. The summed E-state index contributed by atoms with van der Waals surface area (Å²) in [4.78, 5) is 0. The highest BCUT2D eigenvalue weighted by atomic mass is 35.5. The van der Waals surface area contributed by atoms with Crippen molar-refractivity contribution >= 4 is 11.6 Å². The molecule has 1 unspecified atom stereocenters. The number of halogens is 1. The second-order valence-electron chi connectivity index (χ2n) is 2.99. The van der Waals surface area contributed by atoms with Gasteiger partial charge < -0.3 is 10.5 Å². The summed E-state index contributed by atoms with van der Waals surface area (Å²) in [7, 11) is 0. The van der Waals surface area contributed by atoms with Crippen LogP contribution < -0.4 is 5.73 Å². The van der Waals surface area contributed by atoms with Crippen molar-refractivity contribution in [1.82, 2.24) is 0 Å². The lowest BCUT2D eigenvalue weighted by Crippen LogP contribution is -2.28. The van der Waals surface area contributed by atoms with Crippen LogP contribution >= 0.6 is 11.6 Å². The molecule has 0 aromatic heterocycles. The molecule has 1 aliphatic rings. The van der Waals surface area contributed by atoms with Gasteiger partial charge in [0, 0.05) is 23.1 Å². The maximum atomic E-state index is 5.88. The molecule has 1 rings (SSSR count). The molecular weight excluding hydrogens is 198 g/mol. The lowest BCUT2D eigenvalue weighted by molar-refractivity contribution is 0.184. The van der Waals surface area contributed by atoms with E-state index in [1.54, 1.807) is 0 Å². The van der Waals surface area contributed by atoms with Crippen molar-refractivity contribution in [2.75, 3.05) is 6.61 Å². The summed E-state index contributed by atoms with van der Waals surface area (Å²) in [6, 6.07) is 0.0763. The van der Waals surface area contributed by atoms with Crippen molar-refractivity contribution < 1.29 is 4.74 Å². The van der Waals surface area contributed by atoms with Crippen molar-refractivity contribution in [3.8, 4) is 0 Å². The number of allylic oxidation sites excluding steroid dienone is 2. The van der Waals surface area contributed by atoms with Crippen LogP contribution in [0.3, 0.4) is 0 Å². The number of nitrogens with two attached hydrogens (primary N) is 1. The monoisotopic (exact) mass is 217 g/mol. The Labute approximate surface area is 91.8 Å². The largest absolute Gasteiger partial charge is 0.498 e. The first-order chi connectivity index (χ1) is 6.61. The Bertz CT molecular complexity index is 229. The maximum absolute atomic E-state index is 5.88. The van der Waals surface area contributed by atoms with Crippen LogP contribution in [0.25, 0.3) is 0 Å². The van der Waals surface area contributed by atoms with E-state index in [0.717, 1.165) is 22.8 Å². The Hall–Kier alpha value is -0.470. The molecule has 0 aromatic carbocycles. The molecule has 0 aromatic rings. The number of hydrogen-bond acceptors (Lipinski definition) is 2. The molecule has 0 spiro atoms. The van der Waals surface area contributed by atoms with Crippen LogP contribution in [-0.2, 0) is 4.74 Å². The highest BCUT2D eigenvalue weighted by Gasteiger charge is 2.16. The maximum Gasteiger partial charge on any atom is 0.0976 e. The van der Waals surface area contributed by atoms with E-state index < -0.39 is 0 Å². The minimum Gasteiger partial charge on any atom is -0.498 e. The van der Waals surface area contributed by atoms with E-state index in [9.17, 15) is 0 Å². The lowest BCUT2D eigenvalue weighted by atomic mass is 10.0. The molecule has 0 radical (unpaired) electrons. The predicted molar refractivity (Wildman–Crippen MR) is 62.2 cm³/mol. The van der Waals surface area contributed by atoms with Gasteiger partial charge >= 0.3 is 0 Å². The average molecular weight is 218 g/mol. The number of hydrogen-bond donors (Lipinski definition) is 1. The zero-order valence-electron chi connectivity index (χ0n) is 9.43. The first-order valence-corrected chi connectivity index (χ1v) is 5.42. The molecule has 0 saturated carbocycles. The van der Waals surface area contributed by atoms with E-state index in [4.69, 9.17) is 22.1 Å². The lowest BCUT2D eigenvalue weighted by Gasteiger charge is -2.22. The van der Waals surface area contributed by atoms with E-state index in [-0.39, 0.29) is 6.04 Å². The third-order valence-electron chi connectivity index (χ3n) is 1.91. The van der Waals surface area contributed by atoms with E-state index in [2.05, 4.69) is 0 Å². The Morgan fingerprint density at radius 3 is 2.57 bits per heavy atom. The zero-order chi connectivity index (χ0) is 11.1. The van der Waals surface area contributed by atoms with Gasteiger partial charge in [-0.05, 0) is 19.9 Å². The first-order valence-electron chi connectivity index (χ1n) is 5.04. The van der Waals surface area contributed by atoms with Crippen LogP contribution in [0.1, 0.15) is 34.1 Å². The summed E-state index contributed by atoms with van der Waals surface area (Å²) in [6.45, 7) is 8.47. The van der Waals surface area contributed by atoms with Crippen LogP contribution in [0.15, 0.2) is 22.4 Å². The molecule has 1 aliphatic heterocycles. The van der Waals surface area contributed by atoms with Crippen molar-refractivity contribution in [3.05, 3.63) is 22.4 Å². The van der Waals surface area contributed by atoms with Gasteiger partial charge in [-0.2, -0.15) is 0 Å². The van der Waals surface area contributed by atoms with Gasteiger partial charge in [-0.3, -0.25) is 0 Å². The van der Waals surface area contributed by atoms with Crippen molar-refractivity contribution in [1.29, 1.82) is 0 Å². The minimum atomic E-state index is 0.0763. The molecule has 0 fully saturated rings. The molecule has 2 N–H and O–H groups in total. The van der Waals surface area contributed by atoms with Crippen molar-refractivity contribution in [2.45, 2.75) is 40.2 Å². The average Bonchev–Trinajstić information content (AvgIpc) is 2.15. The Morgan fingerprint density at radius 1 is 1.57 bits per heavy atom. The van der Waals surface area contributed by atoms with Crippen LogP contribution in [0, 0.1) is 0 Å². The fourth-order valence-corrected chi connectivity index (χ4v) is 1.38. The van der Waals surface area contributed by atoms with E-state index in [1.807, 2.05) is 33.8 Å². The summed E-state index contributed by atoms with van der Waals surface area (Å²) in [5, 5.41) is 0.741. The third kappa shape index (κ3) is 4.16. The topological polar surface area (TPSA) is 35.2 Å². The van der Waals surface area contributed by atoms with Gasteiger partial charge in [0.05, 0.1) is 12.4 Å². The summed E-state index contributed by atoms with van der Waals surface area (Å²) in [5.74, 6) is 0.897. The van der Waals surface area contributed by atoms with Gasteiger partial charge in [-0.15, -0.1) is 0 Å². The SMILES string of the molecule is CC.CC1=C(/C=C(\C)Cl)C(N)CCO1. The normalized spacial score (nSPS) is 22.4. The van der Waals surface area contributed by atoms with Gasteiger partial charge in [0.15, 0.2) is 0 Å². The highest BCUT2D eigenvalue weighted by molar-refractivity contribution is 6.29. The Balaban J connectivity index is 0.000000791. The molecule has 3 heteroatoms. The predicted octanol–water partition coefficient (Wildman–Crippen LogP) is 3.18. The van der Waals surface area contributed by atoms with Gasteiger partial charge in [0.2, 0.25) is 0 Å². The smallest absolute Gasteiger partial charge is 0.0976 e. The first kappa shape index (κ1) is 13.5. The molecule has 82 valence electrons. The third-order valence-corrected chi connectivity index (χ3v) is 2.02. The van der Waals surface area contributed by atoms with Crippen LogP contribution in [0.2, 0.25) is 0 Å². The molecule has 1 heterocycles. The van der Waals surface area contributed by atoms with E-state index in [0.29, 0.717) is 6.61 Å². The van der Waals surface area contributed by atoms with Crippen molar-refractivity contribution in [2.24, 2.45) is 5.73 Å². The molecule has 0 bridgehead atoms. The fraction of sp³-hybridized carbons (Fsp3) is 0.636. The van der Waals surface area contributed by atoms with Gasteiger partial charge in [0.25, 0.3) is 0 Å². The zero-order valence-corrected chi connectivity index (χ0v) is 10.2. The standard InChI is InChI=1S/C9H14ClNO.C2H6/c1-6(10)5-8-7(2)12-4-3-9(8)11;1-2/h5,9H,3-4,11H2,1-2H3;1-2H3/b6-5+;. The minimum absolute atomic E-state index is 0.0763. The van der Waals surface area contributed by atoms with E-state index in [1.165, 1.54) is 0 Å². The number of ether oxygens (including phenoxy) is 1. The Morgan fingerprint density at radius 2 is 2.14 bits per heavy atom. The second-order valence-corrected chi connectivity index (χ2v) is 3.58. The summed E-state index contributed by atoms with van der Waals surface area (Å²) >= 11 is 5.76. The molecule has 0 aliphatic carbocycles. The molecule has 2 nitrogen and oxygen atoms in total. The summed E-state index contributed by atoms with van der Waals surface area (Å²) in [5.41, 5.74) is 6.90. The molecular formula is C11H20ClNO. The molecule has 1 atom stereocenters. The quantitative estimate of drug-likeness (QED) is 0.732. The summed E-state index contributed by atoms with van der Waals surface area (Å²) in [6.07, 6.45) is 2.74. The summed E-state index contributed by atoms with van der Waals surface area (Å²) < 4.78 is 5.36. The van der Waals surface area contributed by atoms with Gasteiger partial charge in [0.1, 0.15) is 0 Å². The highest BCUT2D eigenvalue weighted by Crippen LogP contribution is 2.20. The van der Waals surface area contributed by atoms with Gasteiger partial charge in [-0.1, -0.05) is 25.4 Å². The second kappa shape index (κ2) is 6.91. The van der Waals surface area contributed by atoms with Crippen molar-refractivity contribution in [3.63, 3.8) is 0 Å². The fourth-order valence-electron chi connectivity index (χ4n) is 1.26. The molecule has 14 heavy (non-hydrogen) atoms. The van der Waals surface area contributed by atoms with Crippen LogP contribution in [0.4, 0.5) is 0 Å². The molecule has 0 saturated heterocycles. The Kier molecular flexibility index (Phi) is 6.67. The van der Waals surface area contributed by atoms with Crippen LogP contribution in [-0.4, -0.2) is 12.6 Å². The van der Waals surface area contributed by atoms with Gasteiger partial charge in [-0.25, -0.2) is 0 Å². The van der Waals surface area contributed by atoms with E-state index >= 15 is 0 Å².